The Balaban J connectivity index is 2.10. The first-order chi connectivity index (χ1) is 11.3. The molecule has 0 aliphatic heterocycles. The third-order valence-corrected chi connectivity index (χ3v) is 4.30. The molecule has 2 rings (SSSR count). The summed E-state index contributed by atoms with van der Waals surface area (Å²) in [6, 6.07) is 10.6. The highest BCUT2D eigenvalue weighted by Crippen LogP contribution is 2.15. The Hall–Kier alpha value is -2.91. The van der Waals surface area contributed by atoms with Gasteiger partial charge in [-0.15, -0.1) is 4.83 Å². The van der Waals surface area contributed by atoms with Crippen LogP contribution in [0.3, 0.4) is 0 Å². The average Bonchev–Trinajstić information content (AvgIpc) is 2.59. The normalized spacial score (nSPS) is 10.9. The molecule has 0 radical (unpaired) electrons. The van der Waals surface area contributed by atoms with Crippen molar-refractivity contribution in [2.24, 2.45) is 0 Å². The molecule has 0 saturated heterocycles. The first-order valence-corrected chi connectivity index (χ1v) is 8.12. The van der Waals surface area contributed by atoms with Crippen molar-refractivity contribution in [1.82, 2.24) is 10.3 Å². The maximum absolute atomic E-state index is 12.1. The summed E-state index contributed by atoms with van der Waals surface area (Å²) in [7, 11) is -2.83. The number of hydrogen-bond acceptors (Lipinski definition) is 6. The zero-order valence-electron chi connectivity index (χ0n) is 12.5. The van der Waals surface area contributed by atoms with E-state index in [0.717, 1.165) is 0 Å². The van der Waals surface area contributed by atoms with Gasteiger partial charge < -0.3 is 9.84 Å². The highest BCUT2D eigenvalue weighted by Gasteiger charge is 2.17. The monoisotopic (exact) mass is 350 g/mol. The topological polar surface area (TPSA) is 122 Å². The van der Waals surface area contributed by atoms with Crippen LogP contribution >= 0.6 is 0 Å². The van der Waals surface area contributed by atoms with Crippen molar-refractivity contribution < 1.29 is 27.9 Å². The van der Waals surface area contributed by atoms with E-state index in [2.05, 4.69) is 4.74 Å². The summed E-state index contributed by atoms with van der Waals surface area (Å²) in [6.07, 6.45) is 0. The molecule has 126 valence electrons. The summed E-state index contributed by atoms with van der Waals surface area (Å²) < 4.78 is 28.7. The molecule has 0 spiro atoms. The van der Waals surface area contributed by atoms with Crippen LogP contribution in [-0.2, 0) is 14.8 Å². The Morgan fingerprint density at radius 2 is 1.67 bits per heavy atom. The van der Waals surface area contributed by atoms with Crippen molar-refractivity contribution >= 4 is 21.9 Å². The summed E-state index contributed by atoms with van der Waals surface area (Å²) in [4.78, 5) is 24.9. The van der Waals surface area contributed by atoms with Crippen molar-refractivity contribution in [3.63, 3.8) is 0 Å². The summed E-state index contributed by atoms with van der Waals surface area (Å²) in [6.45, 7) is 0. The van der Waals surface area contributed by atoms with Crippen LogP contribution < -0.4 is 10.3 Å². The summed E-state index contributed by atoms with van der Waals surface area (Å²) >= 11 is 0. The van der Waals surface area contributed by atoms with E-state index in [9.17, 15) is 23.1 Å². The summed E-state index contributed by atoms with van der Waals surface area (Å²) in [5.74, 6) is -1.70. The lowest BCUT2D eigenvalue weighted by Crippen LogP contribution is -2.41. The predicted octanol–water partition coefficient (Wildman–Crippen LogP) is 0.802. The van der Waals surface area contributed by atoms with Crippen molar-refractivity contribution in [3.05, 3.63) is 59.7 Å². The smallest absolute Gasteiger partial charge is 0.337 e. The van der Waals surface area contributed by atoms with Crippen LogP contribution in [0.1, 0.15) is 20.7 Å². The minimum absolute atomic E-state index is 0.0822. The van der Waals surface area contributed by atoms with Crippen LogP contribution in [-0.4, -0.2) is 32.5 Å². The van der Waals surface area contributed by atoms with Gasteiger partial charge in [-0.05, 0) is 36.4 Å². The van der Waals surface area contributed by atoms with Gasteiger partial charge in [-0.2, -0.15) is 0 Å². The van der Waals surface area contributed by atoms with E-state index in [1.54, 1.807) is 0 Å². The van der Waals surface area contributed by atoms with E-state index < -0.39 is 21.9 Å². The number of benzene rings is 2. The van der Waals surface area contributed by atoms with E-state index in [4.69, 9.17) is 0 Å². The molecule has 0 saturated carbocycles. The molecular weight excluding hydrogens is 336 g/mol. The number of phenols is 1. The number of carbonyl (C=O) groups excluding carboxylic acids is 2. The lowest BCUT2D eigenvalue weighted by atomic mass is 10.2. The molecule has 2 aromatic carbocycles. The molecule has 2 aromatic rings. The van der Waals surface area contributed by atoms with Crippen molar-refractivity contribution in [2.45, 2.75) is 4.90 Å². The second-order valence-electron chi connectivity index (χ2n) is 4.59. The number of hydrogen-bond donors (Lipinski definition) is 3. The lowest BCUT2D eigenvalue weighted by molar-refractivity contribution is 0.0600. The van der Waals surface area contributed by atoms with Crippen molar-refractivity contribution in [2.75, 3.05) is 7.11 Å². The van der Waals surface area contributed by atoms with Gasteiger partial charge in [0.25, 0.3) is 15.9 Å². The fourth-order valence-corrected chi connectivity index (χ4v) is 2.63. The number of sulfonamides is 1. The maximum Gasteiger partial charge on any atom is 0.337 e. The van der Waals surface area contributed by atoms with Crippen LogP contribution in [0.2, 0.25) is 0 Å². The second kappa shape index (κ2) is 7.11. The number of esters is 1. The highest BCUT2D eigenvalue weighted by atomic mass is 32.2. The molecular formula is C15H14N2O6S. The van der Waals surface area contributed by atoms with Crippen LogP contribution in [0.15, 0.2) is 53.4 Å². The number of para-hydroxylation sites is 1. The molecule has 24 heavy (non-hydrogen) atoms. The zero-order valence-corrected chi connectivity index (χ0v) is 13.3. The van der Waals surface area contributed by atoms with E-state index in [1.807, 2.05) is 10.3 Å². The maximum atomic E-state index is 12.1. The third-order valence-electron chi connectivity index (χ3n) is 3.03. The molecule has 8 nitrogen and oxygen atoms in total. The molecule has 0 aromatic heterocycles. The molecule has 0 bridgehead atoms. The predicted molar refractivity (Wildman–Crippen MR) is 83.7 cm³/mol. The minimum Gasteiger partial charge on any atom is -0.507 e. The zero-order chi connectivity index (χ0) is 17.7. The standard InChI is InChI=1S/C15H14N2O6S/c1-23-15(20)10-6-8-11(9-7-10)24(21,22)17-16-14(19)12-4-2-3-5-13(12)18/h2-9,17-18H,1H3,(H,16,19). The number of hydrazine groups is 1. The largest absolute Gasteiger partial charge is 0.507 e. The number of ether oxygens (including phenoxy) is 1. The van der Waals surface area contributed by atoms with Gasteiger partial charge in [-0.3, -0.25) is 10.2 Å². The average molecular weight is 350 g/mol. The van der Waals surface area contributed by atoms with Crippen LogP contribution in [0.5, 0.6) is 5.75 Å². The van der Waals surface area contributed by atoms with Gasteiger partial charge in [0.2, 0.25) is 0 Å². The lowest BCUT2D eigenvalue weighted by Gasteiger charge is -2.09. The first kappa shape index (κ1) is 17.4. The fraction of sp³-hybridized carbons (Fsp3) is 0.0667. The second-order valence-corrected chi connectivity index (χ2v) is 6.28. The number of methoxy groups -OCH3 is 1. The quantitative estimate of drug-likeness (QED) is 0.542. The number of amides is 1. The Bertz CT molecular complexity index is 862. The highest BCUT2D eigenvalue weighted by molar-refractivity contribution is 7.89. The molecule has 0 unspecified atom stereocenters. The van der Waals surface area contributed by atoms with Crippen LogP contribution in [0.25, 0.3) is 0 Å². The van der Waals surface area contributed by atoms with Gasteiger partial charge in [0.05, 0.1) is 23.1 Å². The van der Waals surface area contributed by atoms with Gasteiger partial charge in [-0.25, -0.2) is 13.2 Å². The van der Waals surface area contributed by atoms with Gasteiger partial charge in [0.15, 0.2) is 0 Å². The van der Waals surface area contributed by atoms with Gasteiger partial charge in [0.1, 0.15) is 5.75 Å². The molecule has 0 aliphatic carbocycles. The van der Waals surface area contributed by atoms with Crippen LogP contribution in [0, 0.1) is 0 Å². The number of rotatable bonds is 5. The number of aromatic hydroxyl groups is 1. The van der Waals surface area contributed by atoms with Crippen molar-refractivity contribution in [1.29, 1.82) is 0 Å². The van der Waals surface area contributed by atoms with E-state index in [1.165, 1.54) is 55.6 Å². The van der Waals surface area contributed by atoms with E-state index in [-0.39, 0.29) is 21.8 Å². The molecule has 0 atom stereocenters. The molecule has 9 heteroatoms. The fourth-order valence-electron chi connectivity index (χ4n) is 1.79. The Kier molecular flexibility index (Phi) is 5.17. The summed E-state index contributed by atoms with van der Waals surface area (Å²) in [5.41, 5.74) is 2.11. The third kappa shape index (κ3) is 3.89. The van der Waals surface area contributed by atoms with E-state index in [0.29, 0.717) is 0 Å². The first-order valence-electron chi connectivity index (χ1n) is 6.63. The molecule has 3 N–H and O–H groups in total. The Morgan fingerprint density at radius 1 is 1.04 bits per heavy atom. The molecule has 0 heterocycles. The van der Waals surface area contributed by atoms with Gasteiger partial charge in [0, 0.05) is 0 Å². The van der Waals surface area contributed by atoms with Crippen molar-refractivity contribution in [3.8, 4) is 5.75 Å². The number of nitrogens with one attached hydrogen (secondary N) is 2. The molecule has 0 fully saturated rings. The molecule has 1 amide bonds. The minimum atomic E-state index is -4.04. The Morgan fingerprint density at radius 3 is 2.25 bits per heavy atom. The summed E-state index contributed by atoms with van der Waals surface area (Å²) in [5, 5.41) is 9.55. The van der Waals surface area contributed by atoms with Gasteiger partial charge in [-0.1, -0.05) is 12.1 Å². The SMILES string of the molecule is COC(=O)c1ccc(S(=O)(=O)NNC(=O)c2ccccc2O)cc1. The molecule has 0 aliphatic rings. The van der Waals surface area contributed by atoms with Gasteiger partial charge >= 0.3 is 5.97 Å². The van der Waals surface area contributed by atoms with E-state index >= 15 is 0 Å². The number of phenolic OH excluding ortho intramolecular Hbond substituents is 1. The van der Waals surface area contributed by atoms with Crippen LogP contribution in [0.4, 0.5) is 0 Å². The number of carbonyl (C=O) groups is 2. The Labute approximate surface area is 138 Å².